The standard InChI is InChI=1S/C6H6.CH2O3.2Na/c1-2-4-6-5-3-1;2-1(3)4;;/h1-6H;(H2,2,3,4);;/q;;2*+1/p-2. The van der Waals surface area contributed by atoms with Crippen LogP contribution in [0.1, 0.15) is 0 Å². The number of hydrogen-bond acceptors (Lipinski definition) is 3. The average Bonchev–Trinajstić information content (AvgIpc) is 1.90. The molecule has 5 heteroatoms. The van der Waals surface area contributed by atoms with E-state index in [9.17, 15) is 0 Å². The molecule has 0 N–H and O–H groups in total. The van der Waals surface area contributed by atoms with Crippen molar-refractivity contribution in [3.8, 4) is 0 Å². The van der Waals surface area contributed by atoms with Crippen LogP contribution in [-0.2, 0) is 0 Å². The smallest absolute Gasteiger partial charge is 0.652 e. The summed E-state index contributed by atoms with van der Waals surface area (Å²) >= 11 is 0. The summed E-state index contributed by atoms with van der Waals surface area (Å²) in [5.41, 5.74) is 0. The molecule has 3 nitrogen and oxygen atoms in total. The number of rotatable bonds is 0. The van der Waals surface area contributed by atoms with Crippen LogP contribution in [0.2, 0.25) is 0 Å². The van der Waals surface area contributed by atoms with Crippen molar-refractivity contribution in [3.63, 3.8) is 0 Å². The van der Waals surface area contributed by atoms with Crippen LogP contribution in [-0.4, -0.2) is 6.16 Å². The first kappa shape index (κ1) is 18.3. The average molecular weight is 184 g/mol. The van der Waals surface area contributed by atoms with E-state index in [1.54, 1.807) is 0 Å². The van der Waals surface area contributed by atoms with Gasteiger partial charge in [0, 0.05) is 0 Å². The fraction of sp³-hybridized carbons (Fsp3) is 0. The van der Waals surface area contributed by atoms with Gasteiger partial charge in [0.15, 0.2) is 0 Å². The third kappa shape index (κ3) is 22.4. The predicted octanol–water partition coefficient (Wildman–Crippen LogP) is -6.75. The molecule has 0 radical (unpaired) electrons. The Balaban J connectivity index is -0.000000124. The van der Waals surface area contributed by atoms with E-state index >= 15 is 0 Å². The second-order valence-electron chi connectivity index (χ2n) is 1.40. The Morgan fingerprint density at radius 2 is 0.833 bits per heavy atom. The van der Waals surface area contributed by atoms with E-state index in [0.29, 0.717) is 0 Å². The number of carboxylic acid groups (broad SMARTS) is 2. The summed E-state index contributed by atoms with van der Waals surface area (Å²) in [5, 5.41) is 16.7. The molecular formula is C7H6Na2O3. The van der Waals surface area contributed by atoms with Crippen molar-refractivity contribution in [1.82, 2.24) is 0 Å². The van der Waals surface area contributed by atoms with Crippen molar-refractivity contribution in [2.24, 2.45) is 0 Å². The van der Waals surface area contributed by atoms with Crippen LogP contribution in [0, 0.1) is 0 Å². The van der Waals surface area contributed by atoms with Gasteiger partial charge < -0.3 is 15.0 Å². The monoisotopic (exact) mass is 184 g/mol. The third-order valence-corrected chi connectivity index (χ3v) is 0.667. The van der Waals surface area contributed by atoms with Crippen LogP contribution in [0.15, 0.2) is 36.4 Å². The van der Waals surface area contributed by atoms with E-state index < -0.39 is 6.16 Å². The maximum Gasteiger partial charge on any atom is 1.00 e. The first-order chi connectivity index (χ1) is 4.73. The third-order valence-electron chi connectivity index (χ3n) is 0.667. The van der Waals surface area contributed by atoms with Gasteiger partial charge in [0.2, 0.25) is 0 Å². The Morgan fingerprint density at radius 3 is 0.917 bits per heavy atom. The van der Waals surface area contributed by atoms with Crippen molar-refractivity contribution in [2.75, 3.05) is 0 Å². The summed E-state index contributed by atoms with van der Waals surface area (Å²) in [6.45, 7) is 0. The zero-order valence-electron chi connectivity index (χ0n) is 7.19. The second kappa shape index (κ2) is 14.0. The minimum absolute atomic E-state index is 0. The molecule has 0 aliphatic rings. The summed E-state index contributed by atoms with van der Waals surface area (Å²) in [7, 11) is 0. The summed E-state index contributed by atoms with van der Waals surface area (Å²) in [6.07, 6.45) is -2.33. The maximum atomic E-state index is 8.33. The second-order valence-corrected chi connectivity index (χ2v) is 1.40. The summed E-state index contributed by atoms with van der Waals surface area (Å²) < 4.78 is 0. The summed E-state index contributed by atoms with van der Waals surface area (Å²) in [5.74, 6) is 0. The molecule has 0 amide bonds. The molecule has 54 valence electrons. The molecule has 1 rings (SSSR count). The van der Waals surface area contributed by atoms with Crippen molar-refractivity contribution in [2.45, 2.75) is 0 Å². The fourth-order valence-electron chi connectivity index (χ4n) is 0.385. The van der Waals surface area contributed by atoms with Crippen LogP contribution >= 0.6 is 0 Å². The van der Waals surface area contributed by atoms with Gasteiger partial charge in [-0.1, -0.05) is 36.4 Å². The van der Waals surface area contributed by atoms with Gasteiger partial charge in [0.1, 0.15) is 0 Å². The topological polar surface area (TPSA) is 63.2 Å². The Hall–Kier alpha value is 0.490. The molecule has 0 saturated heterocycles. The van der Waals surface area contributed by atoms with Crippen LogP contribution < -0.4 is 69.3 Å². The Kier molecular flexibility index (Phi) is 21.4. The molecule has 12 heavy (non-hydrogen) atoms. The molecule has 1 aromatic carbocycles. The zero-order chi connectivity index (χ0) is 7.82. The molecule has 0 spiro atoms. The van der Waals surface area contributed by atoms with Crippen molar-refractivity contribution in [1.29, 1.82) is 0 Å². The molecule has 0 aliphatic heterocycles. The van der Waals surface area contributed by atoms with Gasteiger partial charge in [0.25, 0.3) is 0 Å². The van der Waals surface area contributed by atoms with Crippen LogP contribution in [0.25, 0.3) is 0 Å². The Bertz CT molecular complexity index is 149. The van der Waals surface area contributed by atoms with E-state index in [1.165, 1.54) is 0 Å². The van der Waals surface area contributed by atoms with Crippen molar-refractivity contribution in [3.05, 3.63) is 36.4 Å². The maximum absolute atomic E-state index is 8.33. The van der Waals surface area contributed by atoms with Gasteiger partial charge in [-0.3, -0.25) is 0 Å². The summed E-state index contributed by atoms with van der Waals surface area (Å²) in [4.78, 5) is 8.33. The minimum atomic E-state index is -2.33. The SMILES string of the molecule is O=C([O-])[O-].[Na+].[Na+].c1ccccc1. The van der Waals surface area contributed by atoms with Gasteiger partial charge in [-0.25, -0.2) is 0 Å². The molecule has 0 heterocycles. The molecule has 0 aliphatic carbocycles. The van der Waals surface area contributed by atoms with Crippen LogP contribution in [0.5, 0.6) is 0 Å². The molecule has 1 aromatic rings. The number of carbonyl (C=O) groups excluding carboxylic acids is 1. The molecule has 0 fully saturated rings. The van der Waals surface area contributed by atoms with E-state index in [2.05, 4.69) is 0 Å². The van der Waals surface area contributed by atoms with E-state index in [1.807, 2.05) is 36.4 Å². The number of hydrogen-bond donors (Lipinski definition) is 0. The Labute approximate surface area is 115 Å². The number of benzene rings is 1. The van der Waals surface area contributed by atoms with Crippen LogP contribution in [0.3, 0.4) is 0 Å². The Morgan fingerprint density at radius 1 is 0.750 bits per heavy atom. The van der Waals surface area contributed by atoms with Gasteiger partial charge >= 0.3 is 59.1 Å². The predicted molar refractivity (Wildman–Crippen MR) is 31.8 cm³/mol. The molecule has 0 atom stereocenters. The quantitative estimate of drug-likeness (QED) is 0.376. The molecular weight excluding hydrogens is 178 g/mol. The largest absolute Gasteiger partial charge is 1.00 e. The normalized spacial score (nSPS) is 6.00. The number of carbonyl (C=O) groups is 1. The van der Waals surface area contributed by atoms with E-state index in [0.717, 1.165) is 0 Å². The minimum Gasteiger partial charge on any atom is -0.652 e. The first-order valence-corrected chi connectivity index (χ1v) is 2.61. The van der Waals surface area contributed by atoms with Gasteiger partial charge in [0.05, 0.1) is 0 Å². The molecule has 0 unspecified atom stereocenters. The van der Waals surface area contributed by atoms with Gasteiger partial charge in [-0.2, -0.15) is 0 Å². The zero-order valence-corrected chi connectivity index (χ0v) is 11.2. The molecule has 0 saturated carbocycles. The fourth-order valence-corrected chi connectivity index (χ4v) is 0.385. The summed E-state index contributed by atoms with van der Waals surface area (Å²) in [6, 6.07) is 12.0. The van der Waals surface area contributed by atoms with E-state index in [4.69, 9.17) is 15.0 Å². The molecule has 0 aromatic heterocycles. The van der Waals surface area contributed by atoms with Crippen molar-refractivity contribution >= 4 is 6.16 Å². The van der Waals surface area contributed by atoms with Gasteiger partial charge in [-0.05, 0) is 6.16 Å². The van der Waals surface area contributed by atoms with Gasteiger partial charge in [-0.15, -0.1) is 0 Å². The molecule has 0 bridgehead atoms. The first-order valence-electron chi connectivity index (χ1n) is 2.61. The van der Waals surface area contributed by atoms with Crippen molar-refractivity contribution < 1.29 is 74.1 Å². The van der Waals surface area contributed by atoms with Crippen LogP contribution in [0.4, 0.5) is 4.79 Å². The van der Waals surface area contributed by atoms with E-state index in [-0.39, 0.29) is 59.1 Å².